The highest BCUT2D eigenvalue weighted by Gasteiger charge is 2.39. The molecule has 0 amide bonds. The molecule has 90 valence electrons. The van der Waals surface area contributed by atoms with Gasteiger partial charge in [-0.25, -0.2) is 0 Å². The summed E-state index contributed by atoms with van der Waals surface area (Å²) in [4.78, 5) is 0. The molecule has 0 aliphatic heterocycles. The number of rotatable bonds is 2. The molecule has 0 saturated heterocycles. The van der Waals surface area contributed by atoms with E-state index >= 15 is 0 Å². The van der Waals surface area contributed by atoms with Gasteiger partial charge < -0.3 is 4.43 Å². The van der Waals surface area contributed by atoms with E-state index in [0.29, 0.717) is 0 Å². The van der Waals surface area contributed by atoms with E-state index in [1.807, 2.05) is 0 Å². The summed E-state index contributed by atoms with van der Waals surface area (Å²) < 4.78 is 8.74. The van der Waals surface area contributed by atoms with Crippen molar-refractivity contribution in [3.63, 3.8) is 0 Å². The first kappa shape index (κ1) is 14.8. The minimum absolute atomic E-state index is 0.249. The van der Waals surface area contributed by atoms with Gasteiger partial charge in [-0.1, -0.05) is 20.8 Å². The summed E-state index contributed by atoms with van der Waals surface area (Å²) in [5.74, 6) is 1.03. The Bertz CT molecular complexity index is 383. The van der Waals surface area contributed by atoms with Crippen LogP contribution in [-0.4, -0.2) is 8.32 Å². The highest BCUT2D eigenvalue weighted by Crippen LogP contribution is 2.38. The Morgan fingerprint density at radius 2 is 1.69 bits per heavy atom. The molecule has 1 aromatic rings. The Morgan fingerprint density at radius 1 is 1.12 bits per heavy atom. The Labute approximate surface area is 127 Å². The van der Waals surface area contributed by atoms with Crippen molar-refractivity contribution in [2.45, 2.75) is 38.9 Å². The van der Waals surface area contributed by atoms with Gasteiger partial charge in [-0.2, -0.15) is 0 Å². The predicted molar refractivity (Wildman–Crippen MR) is 89.7 cm³/mol. The topological polar surface area (TPSA) is 9.23 Å². The monoisotopic (exact) mass is 460 g/mol. The van der Waals surface area contributed by atoms with E-state index in [4.69, 9.17) is 4.43 Å². The number of benzene rings is 1. The van der Waals surface area contributed by atoms with Crippen LogP contribution in [0.4, 0.5) is 0 Å². The van der Waals surface area contributed by atoms with Crippen molar-refractivity contribution < 1.29 is 4.43 Å². The Balaban J connectivity index is 2.97. The van der Waals surface area contributed by atoms with E-state index in [-0.39, 0.29) is 5.04 Å². The molecule has 16 heavy (non-hydrogen) atoms. The fourth-order valence-corrected chi connectivity index (χ4v) is 3.94. The second-order valence-electron chi connectivity index (χ2n) is 5.44. The van der Waals surface area contributed by atoms with Gasteiger partial charge in [0, 0.05) is 3.57 Å². The maximum atomic E-state index is 6.28. The van der Waals surface area contributed by atoms with Crippen molar-refractivity contribution >= 4 is 53.5 Å². The zero-order valence-electron chi connectivity index (χ0n) is 10.4. The summed E-state index contributed by atoms with van der Waals surface area (Å²) >= 11 is 4.67. The molecule has 0 aromatic heterocycles. The Hall–Kier alpha value is 0.697. The quantitative estimate of drug-likeness (QED) is 0.431. The molecular formula is C12H18I2OSi. The summed E-state index contributed by atoms with van der Waals surface area (Å²) in [7, 11) is -1.70. The molecule has 0 unspecified atom stereocenters. The normalized spacial score (nSPS) is 12.7. The lowest BCUT2D eigenvalue weighted by molar-refractivity contribution is 0.489. The first-order chi connectivity index (χ1) is 7.13. The fourth-order valence-electron chi connectivity index (χ4n) is 0.986. The standard InChI is InChI=1S/C12H18I2OSi/c1-12(2,3)16(4,5)15-11-7-6-9(13)8-10(11)14/h6-8H,1-5H3. The highest BCUT2D eigenvalue weighted by molar-refractivity contribution is 14.1. The van der Waals surface area contributed by atoms with Crippen LogP contribution in [0.2, 0.25) is 18.1 Å². The van der Waals surface area contributed by atoms with E-state index < -0.39 is 8.32 Å². The molecule has 0 saturated carbocycles. The van der Waals surface area contributed by atoms with Crippen LogP contribution >= 0.6 is 45.2 Å². The third-order valence-corrected chi connectivity index (χ3v) is 8.92. The second kappa shape index (κ2) is 5.13. The van der Waals surface area contributed by atoms with Crippen LogP contribution in [0.25, 0.3) is 0 Å². The van der Waals surface area contributed by atoms with Crippen molar-refractivity contribution in [2.75, 3.05) is 0 Å². The maximum absolute atomic E-state index is 6.28. The molecule has 0 aliphatic rings. The van der Waals surface area contributed by atoms with Crippen LogP contribution in [0.3, 0.4) is 0 Å². The van der Waals surface area contributed by atoms with Crippen molar-refractivity contribution in [1.29, 1.82) is 0 Å². The van der Waals surface area contributed by atoms with E-state index in [1.165, 1.54) is 7.14 Å². The van der Waals surface area contributed by atoms with Gasteiger partial charge in [0.2, 0.25) is 0 Å². The molecule has 0 aliphatic carbocycles. The predicted octanol–water partition coefficient (Wildman–Crippen LogP) is 5.28. The smallest absolute Gasteiger partial charge is 0.250 e. The van der Waals surface area contributed by atoms with Crippen molar-refractivity contribution in [1.82, 2.24) is 0 Å². The number of hydrogen-bond acceptors (Lipinski definition) is 1. The average molecular weight is 460 g/mol. The van der Waals surface area contributed by atoms with Crippen molar-refractivity contribution in [3.8, 4) is 5.75 Å². The van der Waals surface area contributed by atoms with Gasteiger partial charge in [-0.15, -0.1) is 0 Å². The summed E-state index contributed by atoms with van der Waals surface area (Å²) in [6.07, 6.45) is 0. The lowest BCUT2D eigenvalue weighted by Crippen LogP contribution is -2.44. The first-order valence-electron chi connectivity index (χ1n) is 5.27. The first-order valence-corrected chi connectivity index (χ1v) is 10.3. The van der Waals surface area contributed by atoms with E-state index in [0.717, 1.165) is 5.75 Å². The molecular weight excluding hydrogens is 442 g/mol. The highest BCUT2D eigenvalue weighted by atomic mass is 127. The molecule has 1 aromatic carbocycles. The minimum atomic E-state index is -1.70. The second-order valence-corrected chi connectivity index (χ2v) is 12.6. The molecule has 0 atom stereocenters. The molecule has 0 bridgehead atoms. The number of halogens is 2. The third kappa shape index (κ3) is 3.59. The van der Waals surface area contributed by atoms with Crippen LogP contribution in [-0.2, 0) is 0 Å². The maximum Gasteiger partial charge on any atom is 0.250 e. The van der Waals surface area contributed by atoms with E-state index in [1.54, 1.807) is 0 Å². The zero-order valence-corrected chi connectivity index (χ0v) is 15.7. The van der Waals surface area contributed by atoms with Crippen LogP contribution in [0.1, 0.15) is 20.8 Å². The lowest BCUT2D eigenvalue weighted by Gasteiger charge is -2.36. The third-order valence-electron chi connectivity index (χ3n) is 3.07. The average Bonchev–Trinajstić information content (AvgIpc) is 2.08. The van der Waals surface area contributed by atoms with Crippen molar-refractivity contribution in [2.24, 2.45) is 0 Å². The van der Waals surface area contributed by atoms with Gasteiger partial charge in [0.1, 0.15) is 5.75 Å². The van der Waals surface area contributed by atoms with E-state index in [2.05, 4.69) is 97.2 Å². The number of hydrogen-bond donors (Lipinski definition) is 0. The van der Waals surface area contributed by atoms with Crippen LogP contribution < -0.4 is 4.43 Å². The molecule has 1 rings (SSSR count). The summed E-state index contributed by atoms with van der Waals surface area (Å²) in [5, 5.41) is 0.249. The summed E-state index contributed by atoms with van der Waals surface area (Å²) in [5.41, 5.74) is 0. The van der Waals surface area contributed by atoms with Gasteiger partial charge >= 0.3 is 0 Å². The van der Waals surface area contributed by atoms with Gasteiger partial charge in [-0.05, 0) is 81.5 Å². The SMILES string of the molecule is CC(C)(C)[Si](C)(C)Oc1ccc(I)cc1I. The summed E-state index contributed by atoms with van der Waals surface area (Å²) in [6.45, 7) is 11.3. The Kier molecular flexibility index (Phi) is 4.74. The lowest BCUT2D eigenvalue weighted by atomic mass is 10.2. The van der Waals surface area contributed by atoms with Gasteiger partial charge in [-0.3, -0.25) is 0 Å². The molecule has 4 heteroatoms. The van der Waals surface area contributed by atoms with Crippen molar-refractivity contribution in [3.05, 3.63) is 25.3 Å². The van der Waals surface area contributed by atoms with Crippen LogP contribution in [0.5, 0.6) is 5.75 Å². The summed E-state index contributed by atoms with van der Waals surface area (Å²) in [6, 6.07) is 6.35. The molecule has 0 fully saturated rings. The van der Waals surface area contributed by atoms with Gasteiger partial charge in [0.15, 0.2) is 0 Å². The molecule has 1 nitrogen and oxygen atoms in total. The van der Waals surface area contributed by atoms with Crippen LogP contribution in [0.15, 0.2) is 18.2 Å². The molecule has 0 radical (unpaired) electrons. The minimum Gasteiger partial charge on any atom is -0.543 e. The molecule has 0 N–H and O–H groups in total. The largest absolute Gasteiger partial charge is 0.543 e. The zero-order chi connectivity index (χ0) is 12.6. The van der Waals surface area contributed by atoms with Gasteiger partial charge in [0.25, 0.3) is 8.32 Å². The van der Waals surface area contributed by atoms with E-state index in [9.17, 15) is 0 Å². The van der Waals surface area contributed by atoms with Gasteiger partial charge in [0.05, 0.1) is 3.57 Å². The van der Waals surface area contributed by atoms with Crippen LogP contribution in [0, 0.1) is 7.14 Å². The molecule has 0 heterocycles. The molecule has 0 spiro atoms. The fraction of sp³-hybridized carbons (Fsp3) is 0.500. The Morgan fingerprint density at radius 3 is 2.12 bits per heavy atom.